The molecule has 0 radical (unpaired) electrons. The molecule has 4 rings (SSSR count). The third-order valence-electron chi connectivity index (χ3n) is 5.43. The SMILES string of the molecule is C[C@H]1CN=C2O[C@H](COc3ccc(C4CCCCC4)cc3)CN2C1. The van der Waals surface area contributed by atoms with Crippen LogP contribution in [0.2, 0.25) is 0 Å². The van der Waals surface area contributed by atoms with Gasteiger partial charge in [0, 0.05) is 13.1 Å². The predicted octanol–water partition coefficient (Wildman–Crippen LogP) is 3.82. The Morgan fingerprint density at radius 1 is 1.12 bits per heavy atom. The van der Waals surface area contributed by atoms with Gasteiger partial charge in [0.2, 0.25) is 0 Å². The lowest BCUT2D eigenvalue weighted by Crippen LogP contribution is -2.36. The van der Waals surface area contributed by atoms with Gasteiger partial charge in [-0.2, -0.15) is 0 Å². The summed E-state index contributed by atoms with van der Waals surface area (Å²) in [6.07, 6.45) is 6.92. The summed E-state index contributed by atoms with van der Waals surface area (Å²) in [5, 5.41) is 0. The monoisotopic (exact) mass is 328 g/mol. The van der Waals surface area contributed by atoms with Crippen molar-refractivity contribution < 1.29 is 9.47 Å². The quantitative estimate of drug-likeness (QED) is 0.842. The number of hydrogen-bond donors (Lipinski definition) is 0. The summed E-state index contributed by atoms with van der Waals surface area (Å²) in [5.74, 6) is 2.31. The lowest BCUT2D eigenvalue weighted by molar-refractivity contribution is 0.146. The summed E-state index contributed by atoms with van der Waals surface area (Å²) in [6, 6.07) is 9.54. The fourth-order valence-corrected chi connectivity index (χ4v) is 4.09. The predicted molar refractivity (Wildman–Crippen MR) is 95.7 cm³/mol. The largest absolute Gasteiger partial charge is 0.490 e. The molecule has 0 unspecified atom stereocenters. The first-order valence-corrected chi connectivity index (χ1v) is 9.47. The highest BCUT2D eigenvalue weighted by Crippen LogP contribution is 2.33. The van der Waals surface area contributed by atoms with Crippen LogP contribution in [0.15, 0.2) is 29.3 Å². The average Bonchev–Trinajstić information content (AvgIpc) is 3.03. The molecule has 1 aromatic carbocycles. The van der Waals surface area contributed by atoms with E-state index in [0.29, 0.717) is 12.5 Å². The van der Waals surface area contributed by atoms with Crippen LogP contribution in [-0.2, 0) is 4.74 Å². The fraction of sp³-hybridized carbons (Fsp3) is 0.650. The minimum absolute atomic E-state index is 0.0899. The first-order chi connectivity index (χ1) is 11.8. The van der Waals surface area contributed by atoms with Crippen molar-refractivity contribution in [3.63, 3.8) is 0 Å². The van der Waals surface area contributed by atoms with Gasteiger partial charge in [0.1, 0.15) is 12.4 Å². The number of fused-ring (bicyclic) bond motifs is 1. The van der Waals surface area contributed by atoms with Crippen LogP contribution in [0, 0.1) is 5.92 Å². The van der Waals surface area contributed by atoms with E-state index in [9.17, 15) is 0 Å². The summed E-state index contributed by atoms with van der Waals surface area (Å²) < 4.78 is 11.9. The summed E-state index contributed by atoms with van der Waals surface area (Å²) in [4.78, 5) is 6.75. The molecule has 2 fully saturated rings. The molecule has 1 saturated carbocycles. The van der Waals surface area contributed by atoms with Crippen LogP contribution in [0.3, 0.4) is 0 Å². The third-order valence-corrected chi connectivity index (χ3v) is 5.43. The van der Waals surface area contributed by atoms with Crippen LogP contribution in [-0.4, -0.2) is 43.3 Å². The topological polar surface area (TPSA) is 34.1 Å². The van der Waals surface area contributed by atoms with Gasteiger partial charge in [0.05, 0.1) is 6.54 Å². The summed E-state index contributed by atoms with van der Waals surface area (Å²) >= 11 is 0. The van der Waals surface area contributed by atoms with Gasteiger partial charge in [0.15, 0.2) is 6.10 Å². The second-order valence-corrected chi connectivity index (χ2v) is 7.59. The van der Waals surface area contributed by atoms with Gasteiger partial charge in [-0.25, -0.2) is 4.99 Å². The van der Waals surface area contributed by atoms with E-state index in [-0.39, 0.29) is 6.10 Å². The van der Waals surface area contributed by atoms with Gasteiger partial charge >= 0.3 is 0 Å². The Labute approximate surface area is 144 Å². The number of hydrogen-bond acceptors (Lipinski definition) is 4. The van der Waals surface area contributed by atoms with Crippen molar-refractivity contribution in [3.05, 3.63) is 29.8 Å². The van der Waals surface area contributed by atoms with Crippen molar-refractivity contribution in [2.24, 2.45) is 10.9 Å². The van der Waals surface area contributed by atoms with E-state index in [2.05, 4.69) is 41.1 Å². The Hall–Kier alpha value is -1.71. The fourth-order valence-electron chi connectivity index (χ4n) is 4.09. The van der Waals surface area contributed by atoms with Crippen LogP contribution in [0.25, 0.3) is 0 Å². The van der Waals surface area contributed by atoms with E-state index >= 15 is 0 Å². The summed E-state index contributed by atoms with van der Waals surface area (Å²) in [5.41, 5.74) is 1.47. The molecule has 4 nitrogen and oxygen atoms in total. The zero-order valence-electron chi connectivity index (χ0n) is 14.6. The van der Waals surface area contributed by atoms with Gasteiger partial charge in [-0.3, -0.25) is 0 Å². The first-order valence-electron chi connectivity index (χ1n) is 9.47. The zero-order chi connectivity index (χ0) is 16.4. The van der Waals surface area contributed by atoms with E-state index in [1.54, 1.807) is 0 Å². The van der Waals surface area contributed by atoms with Crippen molar-refractivity contribution in [3.8, 4) is 5.75 Å². The molecule has 24 heavy (non-hydrogen) atoms. The normalized spacial score (nSPS) is 27.4. The van der Waals surface area contributed by atoms with Gasteiger partial charge in [-0.15, -0.1) is 0 Å². The Morgan fingerprint density at radius 2 is 1.92 bits per heavy atom. The Morgan fingerprint density at radius 3 is 2.71 bits per heavy atom. The molecule has 2 heterocycles. The van der Waals surface area contributed by atoms with Crippen LogP contribution < -0.4 is 4.74 Å². The molecule has 2 aliphatic heterocycles. The number of benzene rings is 1. The Kier molecular flexibility index (Phi) is 4.63. The summed E-state index contributed by atoms with van der Waals surface area (Å²) in [6.45, 7) is 5.64. The van der Waals surface area contributed by atoms with Crippen molar-refractivity contribution in [2.45, 2.75) is 51.0 Å². The van der Waals surface area contributed by atoms with Gasteiger partial charge in [-0.05, 0) is 42.4 Å². The van der Waals surface area contributed by atoms with Crippen molar-refractivity contribution in [2.75, 3.05) is 26.2 Å². The molecular weight excluding hydrogens is 300 g/mol. The molecule has 0 N–H and O–H groups in total. The van der Waals surface area contributed by atoms with E-state index < -0.39 is 0 Å². The lowest BCUT2D eigenvalue weighted by atomic mass is 9.84. The molecule has 1 saturated heterocycles. The minimum Gasteiger partial charge on any atom is -0.490 e. The molecular formula is C20H28N2O2. The molecule has 4 heteroatoms. The number of amidine groups is 1. The van der Waals surface area contributed by atoms with Gasteiger partial charge < -0.3 is 14.4 Å². The third kappa shape index (κ3) is 3.52. The highest BCUT2D eigenvalue weighted by Gasteiger charge is 2.33. The Balaban J connectivity index is 1.29. The highest BCUT2D eigenvalue weighted by atomic mass is 16.6. The number of nitrogens with zero attached hydrogens (tertiary/aromatic N) is 2. The van der Waals surface area contributed by atoms with E-state index in [0.717, 1.165) is 37.3 Å². The number of aliphatic imine (C=N–C) groups is 1. The van der Waals surface area contributed by atoms with Gasteiger partial charge in [0.25, 0.3) is 6.02 Å². The van der Waals surface area contributed by atoms with Crippen LogP contribution in [0.5, 0.6) is 5.75 Å². The minimum atomic E-state index is 0.0899. The van der Waals surface area contributed by atoms with Crippen LogP contribution in [0.4, 0.5) is 0 Å². The molecule has 0 spiro atoms. The number of ether oxygens (including phenoxy) is 2. The second kappa shape index (κ2) is 7.04. The molecule has 0 amide bonds. The van der Waals surface area contributed by atoms with E-state index in [1.165, 1.54) is 37.7 Å². The van der Waals surface area contributed by atoms with Gasteiger partial charge in [-0.1, -0.05) is 38.3 Å². The summed E-state index contributed by atoms with van der Waals surface area (Å²) in [7, 11) is 0. The zero-order valence-corrected chi connectivity index (χ0v) is 14.6. The van der Waals surface area contributed by atoms with Crippen molar-refractivity contribution >= 4 is 6.02 Å². The maximum Gasteiger partial charge on any atom is 0.287 e. The highest BCUT2D eigenvalue weighted by molar-refractivity contribution is 5.76. The van der Waals surface area contributed by atoms with Crippen molar-refractivity contribution in [1.29, 1.82) is 0 Å². The molecule has 1 aliphatic carbocycles. The van der Waals surface area contributed by atoms with Crippen molar-refractivity contribution in [1.82, 2.24) is 4.90 Å². The average molecular weight is 328 g/mol. The van der Waals surface area contributed by atoms with Crippen LogP contribution in [0.1, 0.15) is 50.5 Å². The Bertz CT molecular complexity index is 578. The maximum atomic E-state index is 5.96. The molecule has 2 atom stereocenters. The first kappa shape index (κ1) is 15.8. The van der Waals surface area contributed by atoms with Crippen LogP contribution >= 0.6 is 0 Å². The van der Waals surface area contributed by atoms with E-state index in [4.69, 9.17) is 9.47 Å². The maximum absolute atomic E-state index is 5.96. The molecule has 3 aliphatic rings. The standard InChI is InChI=1S/C20H28N2O2/c1-15-11-21-20-22(12-15)13-19(24-20)14-23-18-9-7-17(8-10-18)16-5-3-2-4-6-16/h7-10,15-16,19H,2-6,11-14H2,1H3/t15-,19-/m0/s1. The molecule has 0 bridgehead atoms. The molecule has 130 valence electrons. The van der Waals surface area contributed by atoms with E-state index in [1.807, 2.05) is 0 Å². The second-order valence-electron chi connectivity index (χ2n) is 7.59. The lowest BCUT2D eigenvalue weighted by Gasteiger charge is -2.24. The smallest absolute Gasteiger partial charge is 0.287 e. The molecule has 0 aromatic heterocycles. The molecule has 1 aromatic rings. The number of rotatable bonds is 4.